The van der Waals surface area contributed by atoms with Gasteiger partial charge in [0.1, 0.15) is 0 Å². The third kappa shape index (κ3) is 2.31. The molecule has 3 N–H and O–H groups in total. The third-order valence-corrected chi connectivity index (χ3v) is 3.68. The van der Waals surface area contributed by atoms with Gasteiger partial charge >= 0.3 is 0 Å². The Morgan fingerprint density at radius 3 is 2.44 bits per heavy atom. The lowest BCUT2D eigenvalue weighted by atomic mass is 9.96. The molecule has 0 saturated heterocycles. The van der Waals surface area contributed by atoms with E-state index in [-0.39, 0.29) is 0 Å². The second-order valence-electron chi connectivity index (χ2n) is 4.81. The Hall–Kier alpha value is -1.61. The summed E-state index contributed by atoms with van der Waals surface area (Å²) in [4.78, 5) is 0. The molecule has 96 valence electrons. The number of H-pyrrole nitrogens is 1. The van der Waals surface area contributed by atoms with Crippen LogP contribution in [0.1, 0.15) is 43.0 Å². The van der Waals surface area contributed by atoms with Crippen molar-refractivity contribution >= 4 is 0 Å². The molecular formula is C15H21N3. The smallest absolute Gasteiger partial charge is 0.0953 e. The van der Waals surface area contributed by atoms with Gasteiger partial charge in [-0.1, -0.05) is 38.1 Å². The van der Waals surface area contributed by atoms with E-state index in [4.69, 9.17) is 5.73 Å². The fourth-order valence-electron chi connectivity index (χ4n) is 2.12. The summed E-state index contributed by atoms with van der Waals surface area (Å²) < 4.78 is 0. The minimum atomic E-state index is 0.504. The molecule has 2 rings (SSSR count). The Morgan fingerprint density at radius 1 is 1.28 bits per heavy atom. The summed E-state index contributed by atoms with van der Waals surface area (Å²) in [6.07, 6.45) is 1.16. The normalized spacial score (nSPS) is 12.7. The quantitative estimate of drug-likeness (QED) is 0.865. The summed E-state index contributed by atoms with van der Waals surface area (Å²) in [6.45, 7) is 7.03. The van der Waals surface area contributed by atoms with Crippen molar-refractivity contribution in [3.8, 4) is 11.3 Å². The van der Waals surface area contributed by atoms with Crippen LogP contribution in [0.25, 0.3) is 11.3 Å². The first-order valence-corrected chi connectivity index (χ1v) is 6.51. The zero-order valence-corrected chi connectivity index (χ0v) is 11.3. The number of nitrogens with one attached hydrogen (secondary N) is 1. The number of rotatable bonds is 4. The van der Waals surface area contributed by atoms with Gasteiger partial charge in [0.15, 0.2) is 0 Å². The summed E-state index contributed by atoms with van der Waals surface area (Å²) >= 11 is 0. The van der Waals surface area contributed by atoms with Crippen molar-refractivity contribution in [2.75, 3.05) is 0 Å². The van der Waals surface area contributed by atoms with Crippen LogP contribution < -0.4 is 5.73 Å². The maximum atomic E-state index is 5.65. The number of nitrogens with zero attached hydrogens (tertiary/aromatic N) is 1. The van der Waals surface area contributed by atoms with E-state index >= 15 is 0 Å². The van der Waals surface area contributed by atoms with Gasteiger partial charge in [0.2, 0.25) is 0 Å². The molecule has 0 spiro atoms. The molecule has 0 amide bonds. The van der Waals surface area contributed by atoms with Crippen molar-refractivity contribution < 1.29 is 0 Å². The van der Waals surface area contributed by atoms with Crippen LogP contribution in [0.3, 0.4) is 0 Å². The minimum absolute atomic E-state index is 0.504. The summed E-state index contributed by atoms with van der Waals surface area (Å²) in [6, 6.07) is 8.68. The molecule has 1 unspecified atom stereocenters. The second-order valence-corrected chi connectivity index (χ2v) is 4.81. The summed E-state index contributed by atoms with van der Waals surface area (Å²) in [5.41, 5.74) is 11.3. The molecular weight excluding hydrogens is 222 g/mol. The van der Waals surface area contributed by atoms with Crippen molar-refractivity contribution in [3.05, 3.63) is 41.1 Å². The molecule has 0 aliphatic rings. The minimum Gasteiger partial charge on any atom is -0.325 e. The van der Waals surface area contributed by atoms with Crippen molar-refractivity contribution in [3.63, 3.8) is 0 Å². The van der Waals surface area contributed by atoms with E-state index in [1.165, 1.54) is 5.56 Å². The molecule has 3 nitrogen and oxygen atoms in total. The number of hydrogen-bond acceptors (Lipinski definition) is 2. The fraction of sp³-hybridized carbons (Fsp3) is 0.400. The first-order valence-electron chi connectivity index (χ1n) is 6.51. The molecule has 1 atom stereocenters. The van der Waals surface area contributed by atoms with Crippen LogP contribution >= 0.6 is 0 Å². The standard InChI is InChI=1S/C15H21N3/c1-4-10(2)12-5-7-13(8-6-12)15-11(3)14(9-16)17-18-15/h5-8,10H,4,9,16H2,1-3H3,(H,17,18). The first-order chi connectivity index (χ1) is 8.67. The zero-order valence-electron chi connectivity index (χ0n) is 11.3. The van der Waals surface area contributed by atoms with E-state index in [9.17, 15) is 0 Å². The fourth-order valence-corrected chi connectivity index (χ4v) is 2.12. The molecule has 3 heteroatoms. The average molecular weight is 243 g/mol. The van der Waals surface area contributed by atoms with E-state index in [2.05, 4.69) is 55.2 Å². The van der Waals surface area contributed by atoms with Gasteiger partial charge in [0.05, 0.1) is 11.4 Å². The lowest BCUT2D eigenvalue weighted by Gasteiger charge is -2.09. The Bertz CT molecular complexity index is 511. The van der Waals surface area contributed by atoms with Gasteiger partial charge in [0, 0.05) is 12.1 Å². The Balaban J connectivity index is 2.31. The summed E-state index contributed by atoms with van der Waals surface area (Å²) in [7, 11) is 0. The summed E-state index contributed by atoms with van der Waals surface area (Å²) in [5, 5.41) is 7.34. The topological polar surface area (TPSA) is 54.7 Å². The molecule has 18 heavy (non-hydrogen) atoms. The Morgan fingerprint density at radius 2 is 1.94 bits per heavy atom. The maximum Gasteiger partial charge on any atom is 0.0953 e. The predicted octanol–water partition coefficient (Wildman–Crippen LogP) is 3.36. The molecule has 0 saturated carbocycles. The van der Waals surface area contributed by atoms with E-state index in [1.54, 1.807) is 0 Å². The van der Waals surface area contributed by atoms with Crippen LogP contribution in [-0.2, 0) is 6.54 Å². The lowest BCUT2D eigenvalue weighted by Crippen LogP contribution is -1.98. The molecule has 1 aromatic carbocycles. The lowest BCUT2D eigenvalue weighted by molar-refractivity contribution is 0.734. The van der Waals surface area contributed by atoms with Crippen molar-refractivity contribution in [2.45, 2.75) is 39.7 Å². The van der Waals surface area contributed by atoms with Crippen molar-refractivity contribution in [1.29, 1.82) is 0 Å². The molecule has 0 fully saturated rings. The van der Waals surface area contributed by atoms with Crippen molar-refractivity contribution in [2.24, 2.45) is 5.73 Å². The van der Waals surface area contributed by atoms with Crippen LogP contribution in [0.4, 0.5) is 0 Å². The highest BCUT2D eigenvalue weighted by atomic mass is 15.1. The van der Waals surface area contributed by atoms with Gasteiger partial charge in [-0.3, -0.25) is 5.10 Å². The predicted molar refractivity (Wildman–Crippen MR) is 75.4 cm³/mol. The maximum absolute atomic E-state index is 5.65. The molecule has 0 bridgehead atoms. The van der Waals surface area contributed by atoms with Gasteiger partial charge in [-0.25, -0.2) is 0 Å². The number of nitrogens with two attached hydrogens (primary N) is 1. The zero-order chi connectivity index (χ0) is 13.1. The van der Waals surface area contributed by atoms with Gasteiger partial charge in [-0.2, -0.15) is 5.10 Å². The number of aromatic amines is 1. The highest BCUT2D eigenvalue weighted by Crippen LogP contribution is 2.26. The van der Waals surface area contributed by atoms with Crippen LogP contribution in [0.15, 0.2) is 24.3 Å². The van der Waals surface area contributed by atoms with Gasteiger partial charge < -0.3 is 5.73 Å². The van der Waals surface area contributed by atoms with Crippen molar-refractivity contribution in [1.82, 2.24) is 10.2 Å². The number of hydrogen-bond donors (Lipinski definition) is 2. The molecule has 1 aromatic heterocycles. The largest absolute Gasteiger partial charge is 0.325 e. The van der Waals surface area contributed by atoms with Crippen LogP contribution in [0.2, 0.25) is 0 Å². The molecule has 0 aliphatic carbocycles. The van der Waals surface area contributed by atoms with Gasteiger partial charge in [0.25, 0.3) is 0 Å². The number of benzene rings is 1. The monoisotopic (exact) mass is 243 g/mol. The molecule has 0 radical (unpaired) electrons. The third-order valence-electron chi connectivity index (χ3n) is 3.68. The van der Waals surface area contributed by atoms with Gasteiger partial charge in [-0.05, 0) is 30.4 Å². The Kier molecular flexibility index (Phi) is 3.82. The summed E-state index contributed by atoms with van der Waals surface area (Å²) in [5.74, 6) is 0.610. The van der Waals surface area contributed by atoms with E-state index < -0.39 is 0 Å². The van der Waals surface area contributed by atoms with E-state index in [1.807, 2.05) is 0 Å². The van der Waals surface area contributed by atoms with Crippen LogP contribution in [0.5, 0.6) is 0 Å². The van der Waals surface area contributed by atoms with Gasteiger partial charge in [-0.15, -0.1) is 0 Å². The van der Waals surface area contributed by atoms with E-state index in [0.717, 1.165) is 28.9 Å². The highest BCUT2D eigenvalue weighted by Gasteiger charge is 2.10. The number of aromatic nitrogens is 2. The highest BCUT2D eigenvalue weighted by molar-refractivity contribution is 5.64. The SMILES string of the molecule is CCC(C)c1ccc(-c2n[nH]c(CN)c2C)cc1. The molecule has 0 aliphatic heterocycles. The molecule has 2 aromatic rings. The van der Waals surface area contributed by atoms with Crippen LogP contribution in [0, 0.1) is 6.92 Å². The Labute approximate surface area is 108 Å². The molecule has 1 heterocycles. The second kappa shape index (κ2) is 5.36. The van der Waals surface area contributed by atoms with E-state index in [0.29, 0.717) is 12.5 Å². The average Bonchev–Trinajstić information content (AvgIpc) is 2.79. The first kappa shape index (κ1) is 12.8. The van der Waals surface area contributed by atoms with Crippen LogP contribution in [-0.4, -0.2) is 10.2 Å².